The Kier molecular flexibility index (Phi) is 4.53. The van der Waals surface area contributed by atoms with Gasteiger partial charge in [0.15, 0.2) is 0 Å². The van der Waals surface area contributed by atoms with Crippen LogP contribution in [0.15, 0.2) is 60.7 Å². The first kappa shape index (κ1) is 13.6. The van der Waals surface area contributed by atoms with Crippen molar-refractivity contribution in [3.05, 3.63) is 66.2 Å². The quantitative estimate of drug-likeness (QED) is 0.851. The fraction of sp³-hybridized carbons (Fsp3) is 0.222. The molecule has 0 aliphatic carbocycles. The van der Waals surface area contributed by atoms with Crippen LogP contribution in [-0.2, 0) is 0 Å². The highest BCUT2D eigenvalue weighted by atomic mass is 14.8. The SMILES string of the molecule is CNC(C)/C=C(\C)c1ccc(-c2ccccc2)cc1. The maximum Gasteiger partial charge on any atom is 0.0224 e. The molecule has 2 rings (SSSR count). The Morgan fingerprint density at radius 3 is 2.11 bits per heavy atom. The fourth-order valence-corrected chi connectivity index (χ4v) is 2.11. The molecular weight excluding hydrogens is 230 g/mol. The lowest BCUT2D eigenvalue weighted by Crippen LogP contribution is -2.18. The normalized spacial score (nSPS) is 13.3. The molecular formula is C18H21N. The minimum absolute atomic E-state index is 0.397. The van der Waals surface area contributed by atoms with Crippen LogP contribution in [0.2, 0.25) is 0 Å². The van der Waals surface area contributed by atoms with Crippen LogP contribution in [-0.4, -0.2) is 13.1 Å². The predicted octanol–water partition coefficient (Wildman–Crippen LogP) is 4.36. The Labute approximate surface area is 116 Å². The van der Waals surface area contributed by atoms with Gasteiger partial charge in [0.25, 0.3) is 0 Å². The lowest BCUT2D eigenvalue weighted by molar-refractivity contribution is 0.730. The summed E-state index contributed by atoms with van der Waals surface area (Å²) in [5.74, 6) is 0. The van der Waals surface area contributed by atoms with Crippen LogP contribution in [0.25, 0.3) is 16.7 Å². The molecule has 0 aliphatic rings. The summed E-state index contributed by atoms with van der Waals surface area (Å²) in [6.07, 6.45) is 2.25. The van der Waals surface area contributed by atoms with Crippen molar-refractivity contribution in [3.63, 3.8) is 0 Å². The van der Waals surface area contributed by atoms with Gasteiger partial charge in [-0.1, -0.05) is 60.7 Å². The summed E-state index contributed by atoms with van der Waals surface area (Å²) in [7, 11) is 1.98. The van der Waals surface area contributed by atoms with Crippen LogP contribution in [0.1, 0.15) is 19.4 Å². The van der Waals surface area contributed by atoms with E-state index in [1.54, 1.807) is 0 Å². The highest BCUT2D eigenvalue weighted by Gasteiger charge is 2.00. The number of allylic oxidation sites excluding steroid dienone is 1. The average molecular weight is 251 g/mol. The molecule has 2 aromatic carbocycles. The molecule has 1 unspecified atom stereocenters. The molecule has 0 amide bonds. The second-order valence-electron chi connectivity index (χ2n) is 4.87. The van der Waals surface area contributed by atoms with E-state index >= 15 is 0 Å². The van der Waals surface area contributed by atoms with Crippen molar-refractivity contribution < 1.29 is 0 Å². The summed E-state index contributed by atoms with van der Waals surface area (Å²) in [5.41, 5.74) is 5.11. The maximum atomic E-state index is 3.23. The molecule has 0 spiro atoms. The molecule has 0 saturated heterocycles. The van der Waals surface area contributed by atoms with Crippen molar-refractivity contribution in [2.75, 3.05) is 7.05 Å². The van der Waals surface area contributed by atoms with E-state index in [2.05, 4.69) is 73.8 Å². The van der Waals surface area contributed by atoms with Gasteiger partial charge < -0.3 is 5.32 Å². The van der Waals surface area contributed by atoms with E-state index in [1.165, 1.54) is 22.3 Å². The zero-order chi connectivity index (χ0) is 13.7. The first-order chi connectivity index (χ1) is 9.20. The van der Waals surface area contributed by atoms with Gasteiger partial charge in [0.05, 0.1) is 0 Å². The van der Waals surface area contributed by atoms with Gasteiger partial charge in [-0.3, -0.25) is 0 Å². The van der Waals surface area contributed by atoms with Crippen molar-refractivity contribution in [1.29, 1.82) is 0 Å². The van der Waals surface area contributed by atoms with E-state index in [9.17, 15) is 0 Å². The molecule has 0 saturated carbocycles. The third-order valence-electron chi connectivity index (χ3n) is 3.40. The summed E-state index contributed by atoms with van der Waals surface area (Å²) in [5, 5.41) is 3.23. The lowest BCUT2D eigenvalue weighted by Gasteiger charge is -2.08. The number of likely N-dealkylation sites (N-methyl/N-ethyl adjacent to an activating group) is 1. The monoisotopic (exact) mass is 251 g/mol. The van der Waals surface area contributed by atoms with Crippen LogP contribution in [0.4, 0.5) is 0 Å². The molecule has 0 radical (unpaired) electrons. The molecule has 19 heavy (non-hydrogen) atoms. The number of nitrogens with one attached hydrogen (secondary N) is 1. The minimum atomic E-state index is 0.397. The van der Waals surface area contributed by atoms with Crippen LogP contribution in [0.3, 0.4) is 0 Å². The molecule has 1 atom stereocenters. The Morgan fingerprint density at radius 1 is 0.947 bits per heavy atom. The standard InChI is InChI=1S/C18H21N/c1-14(13-15(2)19-3)16-9-11-18(12-10-16)17-7-5-4-6-8-17/h4-13,15,19H,1-3H3/b14-13+. The zero-order valence-electron chi connectivity index (χ0n) is 11.9. The van der Waals surface area contributed by atoms with Gasteiger partial charge in [-0.05, 0) is 43.2 Å². The Hall–Kier alpha value is -1.86. The lowest BCUT2D eigenvalue weighted by atomic mass is 10.0. The molecule has 0 fully saturated rings. The smallest absolute Gasteiger partial charge is 0.0224 e. The highest BCUT2D eigenvalue weighted by molar-refractivity contribution is 5.69. The molecule has 1 heteroatoms. The van der Waals surface area contributed by atoms with E-state index in [0.29, 0.717) is 6.04 Å². The van der Waals surface area contributed by atoms with E-state index in [4.69, 9.17) is 0 Å². The maximum absolute atomic E-state index is 3.23. The fourth-order valence-electron chi connectivity index (χ4n) is 2.11. The van der Waals surface area contributed by atoms with Gasteiger partial charge in [-0.15, -0.1) is 0 Å². The first-order valence-corrected chi connectivity index (χ1v) is 6.72. The van der Waals surface area contributed by atoms with Crippen LogP contribution < -0.4 is 5.32 Å². The summed E-state index contributed by atoms with van der Waals surface area (Å²) in [6, 6.07) is 19.6. The third-order valence-corrected chi connectivity index (χ3v) is 3.40. The van der Waals surface area contributed by atoms with Crippen LogP contribution in [0.5, 0.6) is 0 Å². The summed E-state index contributed by atoms with van der Waals surface area (Å²) in [4.78, 5) is 0. The molecule has 2 aromatic rings. The van der Waals surface area contributed by atoms with Crippen LogP contribution >= 0.6 is 0 Å². The van der Waals surface area contributed by atoms with E-state index < -0.39 is 0 Å². The Bertz CT molecular complexity index is 538. The average Bonchev–Trinajstić information content (AvgIpc) is 2.48. The van der Waals surface area contributed by atoms with Crippen molar-refractivity contribution in [3.8, 4) is 11.1 Å². The molecule has 0 aromatic heterocycles. The molecule has 0 aliphatic heterocycles. The van der Waals surface area contributed by atoms with Gasteiger partial charge in [-0.2, -0.15) is 0 Å². The minimum Gasteiger partial charge on any atom is -0.314 e. The van der Waals surface area contributed by atoms with Crippen LogP contribution in [0, 0.1) is 0 Å². The topological polar surface area (TPSA) is 12.0 Å². The van der Waals surface area contributed by atoms with Gasteiger partial charge in [-0.25, -0.2) is 0 Å². The van der Waals surface area contributed by atoms with Crippen molar-refractivity contribution >= 4 is 5.57 Å². The van der Waals surface area contributed by atoms with E-state index in [1.807, 2.05) is 13.1 Å². The Morgan fingerprint density at radius 2 is 1.53 bits per heavy atom. The van der Waals surface area contributed by atoms with Gasteiger partial charge in [0.2, 0.25) is 0 Å². The first-order valence-electron chi connectivity index (χ1n) is 6.72. The second kappa shape index (κ2) is 6.35. The zero-order valence-corrected chi connectivity index (χ0v) is 11.9. The molecule has 1 nitrogen and oxygen atoms in total. The largest absolute Gasteiger partial charge is 0.314 e. The highest BCUT2D eigenvalue weighted by Crippen LogP contribution is 2.22. The van der Waals surface area contributed by atoms with Gasteiger partial charge in [0.1, 0.15) is 0 Å². The number of rotatable bonds is 4. The number of benzene rings is 2. The Balaban J connectivity index is 2.22. The van der Waals surface area contributed by atoms with E-state index in [-0.39, 0.29) is 0 Å². The third kappa shape index (κ3) is 3.55. The van der Waals surface area contributed by atoms with Crippen molar-refractivity contribution in [1.82, 2.24) is 5.32 Å². The summed E-state index contributed by atoms with van der Waals surface area (Å²) < 4.78 is 0. The summed E-state index contributed by atoms with van der Waals surface area (Å²) in [6.45, 7) is 4.31. The molecule has 1 N–H and O–H groups in total. The summed E-state index contributed by atoms with van der Waals surface area (Å²) >= 11 is 0. The molecule has 98 valence electrons. The molecule has 0 bridgehead atoms. The molecule has 0 heterocycles. The van der Waals surface area contributed by atoms with Gasteiger partial charge >= 0.3 is 0 Å². The second-order valence-corrected chi connectivity index (χ2v) is 4.87. The number of hydrogen-bond donors (Lipinski definition) is 1. The van der Waals surface area contributed by atoms with Gasteiger partial charge in [0, 0.05) is 6.04 Å². The van der Waals surface area contributed by atoms with Crippen molar-refractivity contribution in [2.24, 2.45) is 0 Å². The van der Waals surface area contributed by atoms with Crippen molar-refractivity contribution in [2.45, 2.75) is 19.9 Å². The van der Waals surface area contributed by atoms with E-state index in [0.717, 1.165) is 0 Å². The number of hydrogen-bond acceptors (Lipinski definition) is 1. The predicted molar refractivity (Wildman–Crippen MR) is 84.1 cm³/mol.